The molecule has 1 fully saturated rings. The van der Waals surface area contributed by atoms with E-state index >= 15 is 0 Å². The zero-order chi connectivity index (χ0) is 16.9. The maximum atomic E-state index is 12.5. The molecule has 0 atom stereocenters. The second-order valence-corrected chi connectivity index (χ2v) is 6.87. The summed E-state index contributed by atoms with van der Waals surface area (Å²) >= 11 is 3.47. The van der Waals surface area contributed by atoms with Gasteiger partial charge in [0.05, 0.1) is 19.3 Å². The fraction of sp³-hybridized carbons (Fsp3) is 0.471. The number of benzene rings is 1. The molecule has 1 aliphatic heterocycles. The first kappa shape index (κ1) is 17.0. The van der Waals surface area contributed by atoms with Gasteiger partial charge in [-0.1, -0.05) is 21.1 Å². The van der Waals surface area contributed by atoms with Crippen molar-refractivity contribution in [1.29, 1.82) is 0 Å². The lowest BCUT2D eigenvalue weighted by Crippen LogP contribution is -2.39. The molecule has 1 amide bonds. The Kier molecular flexibility index (Phi) is 5.50. The van der Waals surface area contributed by atoms with Gasteiger partial charge >= 0.3 is 0 Å². The van der Waals surface area contributed by atoms with Gasteiger partial charge in [-0.25, -0.2) is 4.68 Å². The van der Waals surface area contributed by atoms with Crippen molar-refractivity contribution in [3.8, 4) is 5.75 Å². The third kappa shape index (κ3) is 3.95. The second kappa shape index (κ2) is 7.79. The van der Waals surface area contributed by atoms with E-state index in [1.54, 1.807) is 13.3 Å². The first-order chi connectivity index (χ1) is 11.7. The lowest BCUT2D eigenvalue weighted by molar-refractivity contribution is -0.132. The van der Waals surface area contributed by atoms with Gasteiger partial charge < -0.3 is 9.64 Å². The summed E-state index contributed by atoms with van der Waals surface area (Å²) in [5.74, 6) is 1.03. The summed E-state index contributed by atoms with van der Waals surface area (Å²) in [5, 5.41) is 7.91. The molecule has 0 bridgehead atoms. The summed E-state index contributed by atoms with van der Waals surface area (Å²) in [6.07, 6.45) is 6.63. The minimum atomic E-state index is 0.203. The molecule has 2 heterocycles. The van der Waals surface area contributed by atoms with E-state index in [-0.39, 0.29) is 5.91 Å². The number of likely N-dealkylation sites (tertiary alicyclic amines) is 1. The molecular formula is C17H21BrN4O2. The van der Waals surface area contributed by atoms with Gasteiger partial charge in [0.25, 0.3) is 0 Å². The average molecular weight is 393 g/mol. The van der Waals surface area contributed by atoms with Gasteiger partial charge in [0, 0.05) is 30.2 Å². The Bertz CT molecular complexity index is 682. The minimum Gasteiger partial charge on any atom is -0.496 e. The highest BCUT2D eigenvalue weighted by Gasteiger charge is 2.24. The maximum Gasteiger partial charge on any atom is 0.222 e. The van der Waals surface area contributed by atoms with E-state index in [2.05, 4.69) is 26.2 Å². The van der Waals surface area contributed by atoms with E-state index in [9.17, 15) is 4.79 Å². The third-order valence-corrected chi connectivity index (χ3v) is 4.98. The Hall–Kier alpha value is -1.89. The SMILES string of the molecule is COc1ccc(Br)cc1CCC(=O)N1CCC(n2ccnn2)CC1. The van der Waals surface area contributed by atoms with Crippen LogP contribution in [0.25, 0.3) is 0 Å². The highest BCUT2D eigenvalue weighted by atomic mass is 79.9. The molecular weight excluding hydrogens is 372 g/mol. The predicted molar refractivity (Wildman–Crippen MR) is 93.9 cm³/mol. The van der Waals surface area contributed by atoms with Crippen LogP contribution in [0.2, 0.25) is 0 Å². The summed E-state index contributed by atoms with van der Waals surface area (Å²) in [7, 11) is 1.66. The van der Waals surface area contributed by atoms with Crippen LogP contribution < -0.4 is 4.74 Å². The van der Waals surface area contributed by atoms with Crippen molar-refractivity contribution < 1.29 is 9.53 Å². The number of nitrogens with zero attached hydrogens (tertiary/aromatic N) is 4. The second-order valence-electron chi connectivity index (χ2n) is 5.95. The lowest BCUT2D eigenvalue weighted by Gasteiger charge is -2.32. The highest BCUT2D eigenvalue weighted by Crippen LogP contribution is 2.25. The number of amides is 1. The van der Waals surface area contributed by atoms with Crippen LogP contribution in [-0.4, -0.2) is 46.0 Å². The van der Waals surface area contributed by atoms with Crippen molar-refractivity contribution in [3.63, 3.8) is 0 Å². The Morgan fingerprint density at radius 2 is 2.17 bits per heavy atom. The fourth-order valence-corrected chi connectivity index (χ4v) is 3.54. The number of halogens is 1. The number of aromatic nitrogens is 3. The van der Waals surface area contributed by atoms with Gasteiger partial charge in [-0.3, -0.25) is 4.79 Å². The minimum absolute atomic E-state index is 0.203. The first-order valence-electron chi connectivity index (χ1n) is 8.13. The number of hydrogen-bond acceptors (Lipinski definition) is 4. The van der Waals surface area contributed by atoms with Crippen LogP contribution in [0.1, 0.15) is 30.9 Å². The van der Waals surface area contributed by atoms with E-state index in [1.165, 1.54) is 0 Å². The third-order valence-electron chi connectivity index (χ3n) is 4.48. The molecule has 1 aromatic heterocycles. The molecule has 0 spiro atoms. The van der Waals surface area contributed by atoms with Crippen molar-refractivity contribution in [2.75, 3.05) is 20.2 Å². The maximum absolute atomic E-state index is 12.5. The molecule has 1 aromatic carbocycles. The number of hydrogen-bond donors (Lipinski definition) is 0. The number of rotatable bonds is 5. The molecule has 2 aromatic rings. The van der Waals surface area contributed by atoms with Gasteiger partial charge in [0.1, 0.15) is 5.75 Å². The number of piperidine rings is 1. The van der Waals surface area contributed by atoms with E-state index in [0.29, 0.717) is 18.9 Å². The van der Waals surface area contributed by atoms with Gasteiger partial charge in [-0.05, 0) is 43.0 Å². The van der Waals surface area contributed by atoms with E-state index in [4.69, 9.17) is 4.74 Å². The standard InChI is InChI=1S/C17H21BrN4O2/c1-24-16-4-3-14(18)12-13(16)2-5-17(23)21-9-6-15(7-10-21)22-11-8-19-20-22/h3-4,8,11-12,15H,2,5-7,9-10H2,1H3. The molecule has 0 aliphatic carbocycles. The number of ether oxygens (including phenoxy) is 1. The van der Waals surface area contributed by atoms with Crippen molar-refractivity contribution in [3.05, 3.63) is 40.6 Å². The van der Waals surface area contributed by atoms with Crippen LogP contribution in [0, 0.1) is 0 Å². The zero-order valence-corrected chi connectivity index (χ0v) is 15.3. The first-order valence-corrected chi connectivity index (χ1v) is 8.92. The Morgan fingerprint density at radius 1 is 1.38 bits per heavy atom. The molecule has 0 radical (unpaired) electrons. The number of aryl methyl sites for hydroxylation is 1. The van der Waals surface area contributed by atoms with Crippen molar-refractivity contribution in [2.45, 2.75) is 31.7 Å². The van der Waals surface area contributed by atoms with Crippen LogP contribution in [0.4, 0.5) is 0 Å². The Labute approximate surface area is 149 Å². The molecule has 1 aliphatic rings. The molecule has 128 valence electrons. The number of methoxy groups -OCH3 is 1. The molecule has 24 heavy (non-hydrogen) atoms. The number of carbonyl (C=O) groups is 1. The number of carbonyl (C=O) groups excluding carboxylic acids is 1. The van der Waals surface area contributed by atoms with Crippen LogP contribution >= 0.6 is 15.9 Å². The van der Waals surface area contributed by atoms with Crippen molar-refractivity contribution >= 4 is 21.8 Å². The van der Waals surface area contributed by atoms with Crippen molar-refractivity contribution in [1.82, 2.24) is 19.9 Å². The van der Waals surface area contributed by atoms with Crippen molar-refractivity contribution in [2.24, 2.45) is 0 Å². The van der Waals surface area contributed by atoms with Gasteiger partial charge in [0.2, 0.25) is 5.91 Å². The highest BCUT2D eigenvalue weighted by molar-refractivity contribution is 9.10. The quantitative estimate of drug-likeness (QED) is 0.784. The van der Waals surface area contributed by atoms with Gasteiger partial charge in [0.15, 0.2) is 0 Å². The normalized spacial score (nSPS) is 15.5. The summed E-state index contributed by atoms with van der Waals surface area (Å²) in [4.78, 5) is 14.4. The molecule has 0 unspecified atom stereocenters. The van der Waals surface area contributed by atoms with Crippen LogP contribution in [0.5, 0.6) is 5.75 Å². The van der Waals surface area contributed by atoms with Gasteiger partial charge in [-0.2, -0.15) is 0 Å². The van der Waals surface area contributed by atoms with Crippen LogP contribution in [0.3, 0.4) is 0 Å². The average Bonchev–Trinajstić information content (AvgIpc) is 3.14. The molecule has 3 rings (SSSR count). The Morgan fingerprint density at radius 3 is 2.83 bits per heavy atom. The topological polar surface area (TPSA) is 60.2 Å². The monoisotopic (exact) mass is 392 g/mol. The van der Waals surface area contributed by atoms with E-state index in [1.807, 2.05) is 34.0 Å². The van der Waals surface area contributed by atoms with Crippen LogP contribution in [0.15, 0.2) is 35.1 Å². The predicted octanol–water partition coefficient (Wildman–Crippen LogP) is 2.85. The zero-order valence-electron chi connectivity index (χ0n) is 13.7. The summed E-state index contributed by atoms with van der Waals surface area (Å²) in [6.45, 7) is 1.55. The fourth-order valence-electron chi connectivity index (χ4n) is 3.13. The summed E-state index contributed by atoms with van der Waals surface area (Å²) < 4.78 is 8.27. The summed E-state index contributed by atoms with van der Waals surface area (Å²) in [6, 6.07) is 6.23. The molecule has 0 saturated carbocycles. The van der Waals surface area contributed by atoms with Crippen LogP contribution in [-0.2, 0) is 11.2 Å². The summed E-state index contributed by atoms with van der Waals surface area (Å²) in [5.41, 5.74) is 1.05. The van der Waals surface area contributed by atoms with E-state index < -0.39 is 0 Å². The molecule has 1 saturated heterocycles. The molecule has 0 N–H and O–H groups in total. The van der Waals surface area contributed by atoms with Gasteiger partial charge in [-0.15, -0.1) is 5.10 Å². The molecule has 6 nitrogen and oxygen atoms in total. The Balaban J connectivity index is 1.52. The largest absolute Gasteiger partial charge is 0.496 e. The molecule has 7 heteroatoms. The lowest BCUT2D eigenvalue weighted by atomic mass is 10.0. The van der Waals surface area contributed by atoms with E-state index in [0.717, 1.165) is 41.7 Å². The smallest absolute Gasteiger partial charge is 0.222 e.